The summed E-state index contributed by atoms with van der Waals surface area (Å²) in [5.74, 6) is 0.819. The van der Waals surface area contributed by atoms with Crippen LogP contribution in [-0.4, -0.2) is 0 Å². The molecule has 0 aliphatic heterocycles. The summed E-state index contributed by atoms with van der Waals surface area (Å²) in [6.07, 6.45) is 6.96. The Hall–Kier alpha value is -0.260. The van der Waals surface area contributed by atoms with Crippen molar-refractivity contribution < 1.29 is 0 Å². The molecule has 0 aromatic heterocycles. The third kappa shape index (κ3) is 1.91. The normalized spacial score (nSPS) is 21.7. The van der Waals surface area contributed by atoms with E-state index in [1.54, 1.807) is 0 Å². The minimum Gasteiger partial charge on any atom is -0.0996 e. The van der Waals surface area contributed by atoms with E-state index in [9.17, 15) is 0 Å². The lowest BCUT2D eigenvalue weighted by Gasteiger charge is -2.31. The molecule has 0 saturated heterocycles. The maximum atomic E-state index is 4.16. The van der Waals surface area contributed by atoms with Crippen LogP contribution in [0.1, 0.15) is 52.9 Å². The van der Waals surface area contributed by atoms with E-state index in [-0.39, 0.29) is 0 Å². The Morgan fingerprint density at radius 3 is 2.17 bits per heavy atom. The third-order valence-corrected chi connectivity index (χ3v) is 3.26. The van der Waals surface area contributed by atoms with Crippen LogP contribution in [0, 0.1) is 11.3 Å². The monoisotopic (exact) mass is 166 g/mol. The second kappa shape index (κ2) is 3.64. The van der Waals surface area contributed by atoms with E-state index in [0.29, 0.717) is 5.41 Å². The summed E-state index contributed by atoms with van der Waals surface area (Å²) < 4.78 is 0. The first kappa shape index (κ1) is 9.83. The van der Waals surface area contributed by atoms with Crippen molar-refractivity contribution in [2.24, 2.45) is 11.3 Å². The Kier molecular flexibility index (Phi) is 2.98. The molecule has 1 fully saturated rings. The molecule has 0 aromatic rings. The summed E-state index contributed by atoms with van der Waals surface area (Å²) in [5, 5.41) is 0. The van der Waals surface area contributed by atoms with Crippen LogP contribution in [-0.2, 0) is 0 Å². The van der Waals surface area contributed by atoms with Crippen molar-refractivity contribution in [2.45, 2.75) is 52.9 Å². The van der Waals surface area contributed by atoms with E-state index < -0.39 is 0 Å². The van der Waals surface area contributed by atoms with Crippen LogP contribution >= 0.6 is 0 Å². The molecule has 12 heavy (non-hydrogen) atoms. The fraction of sp³-hybridized carbons (Fsp3) is 0.833. The van der Waals surface area contributed by atoms with Crippen molar-refractivity contribution in [2.75, 3.05) is 0 Å². The van der Waals surface area contributed by atoms with Gasteiger partial charge in [-0.3, -0.25) is 0 Å². The van der Waals surface area contributed by atoms with Gasteiger partial charge in [0.25, 0.3) is 0 Å². The van der Waals surface area contributed by atoms with Gasteiger partial charge in [-0.15, -0.1) is 0 Å². The third-order valence-electron chi connectivity index (χ3n) is 3.26. The predicted octanol–water partition coefficient (Wildman–Crippen LogP) is 4.17. The maximum Gasteiger partial charge on any atom is -0.00911 e. The molecule has 0 N–H and O–H groups in total. The van der Waals surface area contributed by atoms with Gasteiger partial charge in [0.15, 0.2) is 0 Å². The summed E-state index contributed by atoms with van der Waals surface area (Å²) >= 11 is 0. The number of hydrogen-bond donors (Lipinski definition) is 0. The Balaban J connectivity index is 2.65. The highest BCUT2D eigenvalue weighted by Gasteiger charge is 2.34. The number of allylic oxidation sites excluding steroid dienone is 1. The maximum absolute atomic E-state index is 4.16. The summed E-state index contributed by atoms with van der Waals surface area (Å²) in [6, 6.07) is 0. The average molecular weight is 166 g/mol. The van der Waals surface area contributed by atoms with Crippen LogP contribution in [0.25, 0.3) is 0 Å². The summed E-state index contributed by atoms with van der Waals surface area (Å²) in [6.45, 7) is 11.0. The molecule has 0 unspecified atom stereocenters. The van der Waals surface area contributed by atoms with Gasteiger partial charge in [0, 0.05) is 0 Å². The van der Waals surface area contributed by atoms with Gasteiger partial charge in [-0.25, -0.2) is 0 Å². The molecule has 0 spiro atoms. The molecule has 0 heterocycles. The van der Waals surface area contributed by atoms with E-state index in [1.165, 1.54) is 37.7 Å². The van der Waals surface area contributed by atoms with E-state index in [0.717, 1.165) is 5.92 Å². The summed E-state index contributed by atoms with van der Waals surface area (Å²) in [4.78, 5) is 0. The predicted molar refractivity (Wildman–Crippen MR) is 55.2 cm³/mol. The van der Waals surface area contributed by atoms with Gasteiger partial charge < -0.3 is 0 Å². The van der Waals surface area contributed by atoms with Crippen LogP contribution in [0.2, 0.25) is 0 Å². The van der Waals surface area contributed by atoms with Crippen molar-refractivity contribution in [1.82, 2.24) is 0 Å². The Morgan fingerprint density at radius 1 is 1.33 bits per heavy atom. The molecule has 1 saturated carbocycles. The SMILES string of the molecule is C=C(C)C1(CC(C)C)CCCC1. The van der Waals surface area contributed by atoms with Gasteiger partial charge in [0.2, 0.25) is 0 Å². The first-order valence-corrected chi connectivity index (χ1v) is 5.23. The fourth-order valence-corrected chi connectivity index (χ4v) is 2.64. The van der Waals surface area contributed by atoms with E-state index in [2.05, 4.69) is 27.4 Å². The van der Waals surface area contributed by atoms with Crippen molar-refractivity contribution >= 4 is 0 Å². The average Bonchev–Trinajstić information content (AvgIpc) is 2.35. The lowest BCUT2D eigenvalue weighted by Crippen LogP contribution is -2.19. The molecule has 0 aromatic carbocycles. The highest BCUT2D eigenvalue weighted by molar-refractivity contribution is 5.09. The number of hydrogen-bond acceptors (Lipinski definition) is 0. The lowest BCUT2D eigenvalue weighted by atomic mass is 9.74. The Labute approximate surface area is 77.1 Å². The molecule has 0 radical (unpaired) electrons. The smallest absolute Gasteiger partial charge is 0.00911 e. The standard InChI is InChI=1S/C12H22/c1-10(2)9-12(11(3)4)7-5-6-8-12/h10H,3,5-9H2,1-2,4H3. The fourth-order valence-electron chi connectivity index (χ4n) is 2.64. The zero-order valence-corrected chi connectivity index (χ0v) is 8.82. The van der Waals surface area contributed by atoms with E-state index in [4.69, 9.17) is 0 Å². The quantitative estimate of drug-likeness (QED) is 0.552. The minimum atomic E-state index is 0.522. The zero-order valence-electron chi connectivity index (χ0n) is 8.82. The Bertz CT molecular complexity index is 159. The summed E-state index contributed by atoms with van der Waals surface area (Å²) in [7, 11) is 0. The molecule has 1 aliphatic rings. The Morgan fingerprint density at radius 2 is 1.83 bits per heavy atom. The van der Waals surface area contributed by atoms with Crippen molar-refractivity contribution in [1.29, 1.82) is 0 Å². The molecule has 0 atom stereocenters. The van der Waals surface area contributed by atoms with Gasteiger partial charge in [0.05, 0.1) is 0 Å². The minimum absolute atomic E-state index is 0.522. The molecule has 0 amide bonds. The first-order chi connectivity index (χ1) is 5.57. The van der Waals surface area contributed by atoms with Crippen LogP contribution < -0.4 is 0 Å². The highest BCUT2D eigenvalue weighted by atomic mass is 14.4. The lowest BCUT2D eigenvalue weighted by molar-refractivity contribution is 0.291. The first-order valence-electron chi connectivity index (χ1n) is 5.23. The van der Waals surface area contributed by atoms with Gasteiger partial charge in [0.1, 0.15) is 0 Å². The van der Waals surface area contributed by atoms with Gasteiger partial charge in [-0.1, -0.05) is 38.8 Å². The number of rotatable bonds is 3. The second-order valence-corrected chi connectivity index (χ2v) is 4.87. The van der Waals surface area contributed by atoms with Crippen molar-refractivity contribution in [3.05, 3.63) is 12.2 Å². The molecule has 1 aliphatic carbocycles. The van der Waals surface area contributed by atoms with Gasteiger partial charge in [-0.05, 0) is 37.5 Å². The van der Waals surface area contributed by atoms with E-state index in [1.807, 2.05) is 0 Å². The van der Waals surface area contributed by atoms with Crippen molar-refractivity contribution in [3.63, 3.8) is 0 Å². The molecular weight excluding hydrogens is 144 g/mol. The highest BCUT2D eigenvalue weighted by Crippen LogP contribution is 2.47. The van der Waals surface area contributed by atoms with Gasteiger partial charge >= 0.3 is 0 Å². The summed E-state index contributed by atoms with van der Waals surface area (Å²) in [5.41, 5.74) is 1.95. The molecule has 0 nitrogen and oxygen atoms in total. The van der Waals surface area contributed by atoms with Crippen LogP contribution in [0.15, 0.2) is 12.2 Å². The topological polar surface area (TPSA) is 0 Å². The largest absolute Gasteiger partial charge is 0.0996 e. The molecular formula is C12H22. The van der Waals surface area contributed by atoms with E-state index >= 15 is 0 Å². The molecule has 0 heteroatoms. The molecule has 70 valence electrons. The second-order valence-electron chi connectivity index (χ2n) is 4.87. The van der Waals surface area contributed by atoms with Crippen LogP contribution in [0.5, 0.6) is 0 Å². The van der Waals surface area contributed by atoms with Crippen LogP contribution in [0.4, 0.5) is 0 Å². The van der Waals surface area contributed by atoms with Gasteiger partial charge in [-0.2, -0.15) is 0 Å². The molecule has 1 rings (SSSR count). The molecule has 0 bridgehead atoms. The van der Waals surface area contributed by atoms with Crippen molar-refractivity contribution in [3.8, 4) is 0 Å². The zero-order chi connectivity index (χ0) is 9.19. The van der Waals surface area contributed by atoms with Crippen LogP contribution in [0.3, 0.4) is 0 Å².